The number of nitrogens with zero attached hydrogens (tertiary/aromatic N) is 2. The van der Waals surface area contributed by atoms with Gasteiger partial charge in [0.25, 0.3) is 0 Å². The summed E-state index contributed by atoms with van der Waals surface area (Å²) in [6.45, 7) is 4.91. The average Bonchev–Trinajstić information content (AvgIpc) is 2.57. The first-order valence-electron chi connectivity index (χ1n) is 7.90. The van der Waals surface area contributed by atoms with E-state index in [4.69, 9.17) is 11.5 Å². The number of rotatable bonds is 4. The molecule has 0 aliphatic carbocycles. The van der Waals surface area contributed by atoms with E-state index in [2.05, 4.69) is 15.9 Å². The Bertz CT molecular complexity index is 655. The molecule has 125 valence electrons. The van der Waals surface area contributed by atoms with Gasteiger partial charge >= 0.3 is 0 Å². The SMILES string of the molecule is [Ac].[NH-]Cc1ccc(CN2CCN(c3ccc(F)cc3)CC2)cc1N. The molecule has 0 aromatic heterocycles. The number of halogens is 1. The van der Waals surface area contributed by atoms with Gasteiger partial charge < -0.3 is 16.4 Å². The molecule has 4 nitrogen and oxygen atoms in total. The number of hydrogen-bond acceptors (Lipinski definition) is 3. The molecule has 3 rings (SSSR count). The van der Waals surface area contributed by atoms with E-state index >= 15 is 0 Å². The third kappa shape index (κ3) is 4.92. The molecule has 1 radical (unpaired) electrons. The first-order chi connectivity index (χ1) is 11.2. The molecule has 0 amide bonds. The van der Waals surface area contributed by atoms with Gasteiger partial charge in [-0.05, 0) is 41.5 Å². The van der Waals surface area contributed by atoms with Crippen LogP contribution in [0.15, 0.2) is 42.5 Å². The number of anilines is 2. The Morgan fingerprint density at radius 2 is 1.67 bits per heavy atom. The Labute approximate surface area is 178 Å². The van der Waals surface area contributed by atoms with Crippen LogP contribution in [0.3, 0.4) is 0 Å². The van der Waals surface area contributed by atoms with Gasteiger partial charge in [0.1, 0.15) is 5.82 Å². The van der Waals surface area contributed by atoms with Crippen molar-refractivity contribution >= 4 is 11.4 Å². The van der Waals surface area contributed by atoms with Crippen molar-refractivity contribution in [3.63, 3.8) is 0 Å². The van der Waals surface area contributed by atoms with Gasteiger partial charge in [0.15, 0.2) is 0 Å². The summed E-state index contributed by atoms with van der Waals surface area (Å²) in [4.78, 5) is 4.68. The van der Waals surface area contributed by atoms with E-state index in [1.165, 1.54) is 17.7 Å². The standard InChI is InChI=1S/C18H22FN4.Ac/c19-16-3-5-17(6-4-16)23-9-7-22(8-10-23)13-14-1-2-15(12-20)18(21)11-14;/h1-6,11,20H,7-10,12-13,21H2;/q-1;. The molecule has 1 saturated heterocycles. The van der Waals surface area contributed by atoms with Crippen LogP contribution < -0.4 is 10.6 Å². The zero-order valence-corrected chi connectivity index (χ0v) is 18.5. The zero-order valence-electron chi connectivity index (χ0n) is 13.7. The molecule has 0 unspecified atom stereocenters. The fraction of sp³-hybridized carbons (Fsp3) is 0.333. The van der Waals surface area contributed by atoms with Gasteiger partial charge in [-0.25, -0.2) is 4.39 Å². The predicted octanol–water partition coefficient (Wildman–Crippen LogP) is 3.28. The van der Waals surface area contributed by atoms with Crippen LogP contribution in [0.5, 0.6) is 0 Å². The summed E-state index contributed by atoms with van der Waals surface area (Å²) in [5.74, 6) is -0.193. The topological polar surface area (TPSA) is 56.3 Å². The molecule has 0 spiro atoms. The maximum atomic E-state index is 13.0. The molecule has 6 heteroatoms. The van der Waals surface area contributed by atoms with Crippen molar-refractivity contribution in [3.05, 3.63) is 65.1 Å². The quantitative estimate of drug-likeness (QED) is 0.606. The zero-order chi connectivity index (χ0) is 16.2. The van der Waals surface area contributed by atoms with E-state index in [9.17, 15) is 4.39 Å². The predicted molar refractivity (Wildman–Crippen MR) is 92.8 cm³/mol. The summed E-state index contributed by atoms with van der Waals surface area (Å²) in [5, 5.41) is 0. The summed E-state index contributed by atoms with van der Waals surface area (Å²) < 4.78 is 13.0. The van der Waals surface area contributed by atoms with Crippen LogP contribution in [0.1, 0.15) is 11.1 Å². The number of nitrogens with one attached hydrogen (secondary N) is 1. The molecule has 2 aromatic carbocycles. The first-order valence-corrected chi connectivity index (χ1v) is 7.90. The van der Waals surface area contributed by atoms with Crippen LogP contribution in [-0.4, -0.2) is 31.1 Å². The Morgan fingerprint density at radius 3 is 2.25 bits per heavy atom. The van der Waals surface area contributed by atoms with Gasteiger partial charge in [-0.15, -0.1) is 6.54 Å². The first kappa shape index (κ1) is 19.7. The van der Waals surface area contributed by atoms with E-state index in [0.717, 1.165) is 44.0 Å². The molecule has 24 heavy (non-hydrogen) atoms. The average molecular weight is 540 g/mol. The van der Waals surface area contributed by atoms with E-state index in [1.807, 2.05) is 24.3 Å². The smallest absolute Gasteiger partial charge is 0.123 e. The van der Waals surface area contributed by atoms with E-state index in [-0.39, 0.29) is 56.4 Å². The minimum absolute atomic E-state index is 0. The maximum Gasteiger partial charge on any atom is 0.123 e. The largest absolute Gasteiger partial charge is 0.674 e. The second kappa shape index (κ2) is 9.15. The Kier molecular flexibility index (Phi) is 7.49. The maximum absolute atomic E-state index is 13.0. The van der Waals surface area contributed by atoms with Crippen LogP contribution in [-0.2, 0) is 13.1 Å². The molecule has 1 fully saturated rings. The molecule has 0 saturated carbocycles. The normalized spacial score (nSPS) is 15.2. The number of hydrogen-bond donors (Lipinski definition) is 1. The summed E-state index contributed by atoms with van der Waals surface area (Å²) >= 11 is 0. The van der Waals surface area contributed by atoms with Crippen molar-refractivity contribution in [3.8, 4) is 0 Å². The number of nitrogen functional groups attached to an aromatic ring is 1. The molecule has 2 aromatic rings. The molecule has 1 aliphatic heterocycles. The van der Waals surface area contributed by atoms with Crippen molar-refractivity contribution < 1.29 is 48.5 Å². The van der Waals surface area contributed by atoms with Gasteiger partial charge in [-0.3, -0.25) is 4.90 Å². The van der Waals surface area contributed by atoms with Crippen LogP contribution in [0, 0.1) is 49.9 Å². The monoisotopic (exact) mass is 540 g/mol. The van der Waals surface area contributed by atoms with Gasteiger partial charge in [-0.1, -0.05) is 12.1 Å². The van der Waals surface area contributed by atoms with E-state index < -0.39 is 0 Å². The number of nitrogens with two attached hydrogens (primary N) is 1. The van der Waals surface area contributed by atoms with Gasteiger partial charge in [0, 0.05) is 88.2 Å². The number of benzene rings is 2. The minimum atomic E-state index is -0.193. The fourth-order valence-electron chi connectivity index (χ4n) is 2.98. The van der Waals surface area contributed by atoms with Crippen LogP contribution >= 0.6 is 0 Å². The molecular weight excluding hydrogens is 518 g/mol. The van der Waals surface area contributed by atoms with Crippen molar-refractivity contribution in [2.75, 3.05) is 36.8 Å². The van der Waals surface area contributed by atoms with Crippen LogP contribution in [0.4, 0.5) is 15.8 Å². The summed E-state index contributed by atoms with van der Waals surface area (Å²) in [5.41, 5.74) is 17.2. The third-order valence-corrected chi connectivity index (χ3v) is 4.37. The molecule has 1 heterocycles. The van der Waals surface area contributed by atoms with Crippen molar-refractivity contribution in [2.45, 2.75) is 13.1 Å². The van der Waals surface area contributed by atoms with Crippen molar-refractivity contribution in [2.24, 2.45) is 0 Å². The van der Waals surface area contributed by atoms with Gasteiger partial charge in [0.2, 0.25) is 0 Å². The van der Waals surface area contributed by atoms with Crippen molar-refractivity contribution in [1.29, 1.82) is 0 Å². The summed E-state index contributed by atoms with van der Waals surface area (Å²) in [6.07, 6.45) is 0. The Hall–Kier alpha value is -0.668. The fourth-order valence-corrected chi connectivity index (χ4v) is 2.98. The third-order valence-electron chi connectivity index (χ3n) is 4.37. The van der Waals surface area contributed by atoms with E-state index in [0.29, 0.717) is 5.69 Å². The molecule has 0 atom stereocenters. The summed E-state index contributed by atoms with van der Waals surface area (Å²) in [6, 6.07) is 12.7. The number of piperazine rings is 1. The second-order valence-corrected chi connectivity index (χ2v) is 5.95. The minimum Gasteiger partial charge on any atom is -0.674 e. The van der Waals surface area contributed by atoms with Crippen molar-refractivity contribution in [1.82, 2.24) is 4.90 Å². The molecule has 1 aliphatic rings. The Balaban J connectivity index is 0.00000208. The van der Waals surface area contributed by atoms with Crippen LogP contribution in [0.25, 0.3) is 5.73 Å². The van der Waals surface area contributed by atoms with Gasteiger partial charge in [0.05, 0.1) is 0 Å². The molecular formula is C18H22AcFN4-. The van der Waals surface area contributed by atoms with Gasteiger partial charge in [-0.2, -0.15) is 0 Å². The Morgan fingerprint density at radius 1 is 1.00 bits per heavy atom. The summed E-state index contributed by atoms with van der Waals surface area (Å²) in [7, 11) is 0. The molecule has 0 bridgehead atoms. The molecule has 3 N–H and O–H groups in total. The van der Waals surface area contributed by atoms with Crippen LogP contribution in [0.2, 0.25) is 0 Å². The second-order valence-electron chi connectivity index (χ2n) is 5.95. The van der Waals surface area contributed by atoms with E-state index in [1.54, 1.807) is 0 Å².